The molecule has 0 saturated heterocycles. The van der Waals surface area contributed by atoms with Gasteiger partial charge in [-0.2, -0.15) is 0 Å². The second-order valence-corrected chi connectivity index (χ2v) is 8.64. The van der Waals surface area contributed by atoms with Crippen molar-refractivity contribution in [2.45, 2.75) is 39.7 Å². The van der Waals surface area contributed by atoms with Gasteiger partial charge >= 0.3 is 5.97 Å². The summed E-state index contributed by atoms with van der Waals surface area (Å²) in [4.78, 5) is 40.1. The first kappa shape index (κ1) is 24.4. The number of amides is 2. The van der Waals surface area contributed by atoms with E-state index in [4.69, 9.17) is 11.5 Å². The molecular formula is C23H29N5O4. The average Bonchev–Trinajstić information content (AvgIpc) is 2.67. The fourth-order valence-electron chi connectivity index (χ4n) is 2.96. The Balaban J connectivity index is 2.02. The lowest BCUT2D eigenvalue weighted by Gasteiger charge is -2.20. The lowest BCUT2D eigenvalue weighted by molar-refractivity contribution is -0.142. The number of hydrogen-bond donors (Lipinski definition) is 5. The summed E-state index contributed by atoms with van der Waals surface area (Å²) in [6, 6.07) is 12.2. The first-order chi connectivity index (χ1) is 14.9. The predicted molar refractivity (Wildman–Crippen MR) is 124 cm³/mol. The summed E-state index contributed by atoms with van der Waals surface area (Å²) in [6.07, 6.45) is 0.353. The first-order valence-corrected chi connectivity index (χ1v) is 10.0. The molecule has 0 bridgehead atoms. The first-order valence-electron chi connectivity index (χ1n) is 10.0. The zero-order valence-corrected chi connectivity index (χ0v) is 18.4. The van der Waals surface area contributed by atoms with E-state index in [0.717, 1.165) is 0 Å². The average molecular weight is 440 g/mol. The minimum absolute atomic E-state index is 0.104. The standard InChI is InChI=1S/C23H29N5O4/c1-23(2,3)13-19(29)28-18(21(31)32)11-14-7-9-16(10-8-14)26-20(30)15-5-4-6-17(12-15)27-22(24)25/h4-10,12,18H,11,13H2,1-3H3,(H,26,30)(H,28,29)(H,31,32)(H4,24,25,27). The number of anilines is 1. The summed E-state index contributed by atoms with van der Waals surface area (Å²) in [5.41, 5.74) is 12.6. The highest BCUT2D eigenvalue weighted by molar-refractivity contribution is 6.04. The molecule has 9 nitrogen and oxygen atoms in total. The Kier molecular flexibility index (Phi) is 7.95. The van der Waals surface area contributed by atoms with Crippen molar-refractivity contribution < 1.29 is 19.5 Å². The summed E-state index contributed by atoms with van der Waals surface area (Å²) in [5.74, 6) is -1.86. The quantitative estimate of drug-likeness (QED) is 0.313. The number of nitrogens with one attached hydrogen (secondary N) is 2. The van der Waals surface area contributed by atoms with E-state index in [1.54, 1.807) is 48.5 Å². The van der Waals surface area contributed by atoms with Gasteiger partial charge in [0, 0.05) is 24.1 Å². The predicted octanol–water partition coefficient (Wildman–Crippen LogP) is 2.39. The Labute approximate surface area is 186 Å². The molecule has 0 aliphatic rings. The molecule has 0 radical (unpaired) electrons. The molecule has 9 heteroatoms. The highest BCUT2D eigenvalue weighted by Crippen LogP contribution is 2.19. The second-order valence-electron chi connectivity index (χ2n) is 8.64. The van der Waals surface area contributed by atoms with Crippen LogP contribution in [0.25, 0.3) is 0 Å². The summed E-state index contributed by atoms with van der Waals surface area (Å²) in [7, 11) is 0. The Morgan fingerprint density at radius 3 is 2.28 bits per heavy atom. The zero-order valence-electron chi connectivity index (χ0n) is 18.4. The van der Waals surface area contributed by atoms with Crippen LogP contribution in [0.2, 0.25) is 0 Å². The molecule has 1 atom stereocenters. The van der Waals surface area contributed by atoms with E-state index in [9.17, 15) is 19.5 Å². The number of nitrogens with zero attached hydrogens (tertiary/aromatic N) is 1. The highest BCUT2D eigenvalue weighted by Gasteiger charge is 2.23. The third-order valence-corrected chi connectivity index (χ3v) is 4.34. The molecule has 170 valence electrons. The van der Waals surface area contributed by atoms with Crippen molar-refractivity contribution in [2.24, 2.45) is 21.9 Å². The van der Waals surface area contributed by atoms with Gasteiger partial charge in [-0.3, -0.25) is 9.59 Å². The summed E-state index contributed by atoms with van der Waals surface area (Å²) in [6.45, 7) is 5.73. The van der Waals surface area contributed by atoms with Gasteiger partial charge in [0.2, 0.25) is 5.91 Å². The van der Waals surface area contributed by atoms with Gasteiger partial charge in [-0.15, -0.1) is 0 Å². The Morgan fingerprint density at radius 2 is 1.72 bits per heavy atom. The van der Waals surface area contributed by atoms with Crippen LogP contribution in [0.5, 0.6) is 0 Å². The van der Waals surface area contributed by atoms with Gasteiger partial charge in [-0.25, -0.2) is 9.79 Å². The van der Waals surface area contributed by atoms with Crippen LogP contribution in [0.1, 0.15) is 43.1 Å². The van der Waals surface area contributed by atoms with Gasteiger partial charge in [0.15, 0.2) is 5.96 Å². The van der Waals surface area contributed by atoms with Gasteiger partial charge in [-0.05, 0) is 41.3 Å². The van der Waals surface area contributed by atoms with Gasteiger partial charge in [0.05, 0.1) is 5.69 Å². The van der Waals surface area contributed by atoms with Gasteiger partial charge in [0.1, 0.15) is 6.04 Å². The van der Waals surface area contributed by atoms with Crippen LogP contribution in [0.15, 0.2) is 53.5 Å². The smallest absolute Gasteiger partial charge is 0.326 e. The van der Waals surface area contributed by atoms with E-state index >= 15 is 0 Å². The monoisotopic (exact) mass is 439 g/mol. The molecule has 0 aliphatic carbocycles. The van der Waals surface area contributed by atoms with Crippen LogP contribution in [0.3, 0.4) is 0 Å². The maximum absolute atomic E-state index is 12.5. The maximum Gasteiger partial charge on any atom is 0.326 e. The van der Waals surface area contributed by atoms with Crippen LogP contribution in [0.4, 0.5) is 11.4 Å². The highest BCUT2D eigenvalue weighted by atomic mass is 16.4. The third kappa shape index (κ3) is 8.10. The molecule has 0 spiro atoms. The third-order valence-electron chi connectivity index (χ3n) is 4.34. The summed E-state index contributed by atoms with van der Waals surface area (Å²) >= 11 is 0. The number of hydrogen-bond acceptors (Lipinski definition) is 4. The molecule has 0 heterocycles. The summed E-state index contributed by atoms with van der Waals surface area (Å²) < 4.78 is 0. The van der Waals surface area contributed by atoms with Crippen molar-refractivity contribution in [2.75, 3.05) is 5.32 Å². The molecule has 1 unspecified atom stereocenters. The van der Waals surface area contributed by atoms with Crippen LogP contribution in [-0.2, 0) is 16.0 Å². The number of benzene rings is 2. The van der Waals surface area contributed by atoms with Crippen molar-refractivity contribution in [1.82, 2.24) is 5.32 Å². The van der Waals surface area contributed by atoms with Gasteiger partial charge in [0.25, 0.3) is 5.91 Å². The number of aliphatic carboxylic acids is 1. The van der Waals surface area contributed by atoms with Crippen molar-refractivity contribution in [1.29, 1.82) is 0 Å². The van der Waals surface area contributed by atoms with Crippen molar-refractivity contribution in [3.63, 3.8) is 0 Å². The molecule has 2 aromatic carbocycles. The van der Waals surface area contributed by atoms with Crippen molar-refractivity contribution >= 4 is 35.1 Å². The van der Waals surface area contributed by atoms with Crippen molar-refractivity contribution in [3.8, 4) is 0 Å². The molecule has 2 aromatic rings. The van der Waals surface area contributed by atoms with Crippen LogP contribution in [0, 0.1) is 5.41 Å². The maximum atomic E-state index is 12.5. The Morgan fingerprint density at radius 1 is 1.06 bits per heavy atom. The molecule has 0 saturated carbocycles. The number of carboxylic acids is 1. The number of nitrogens with two attached hydrogens (primary N) is 2. The molecule has 0 aromatic heterocycles. The number of carbonyl (C=O) groups excluding carboxylic acids is 2. The number of carboxylic acid groups (broad SMARTS) is 1. The van der Waals surface area contributed by atoms with E-state index in [1.807, 2.05) is 20.8 Å². The van der Waals surface area contributed by atoms with Crippen molar-refractivity contribution in [3.05, 3.63) is 59.7 Å². The van der Waals surface area contributed by atoms with Crippen LogP contribution < -0.4 is 22.1 Å². The normalized spacial score (nSPS) is 11.8. The van der Waals surface area contributed by atoms with E-state index < -0.39 is 12.0 Å². The van der Waals surface area contributed by atoms with Gasteiger partial charge < -0.3 is 27.2 Å². The second kappa shape index (κ2) is 10.4. The molecule has 32 heavy (non-hydrogen) atoms. The fraction of sp³-hybridized carbons (Fsp3) is 0.304. The fourth-order valence-corrected chi connectivity index (χ4v) is 2.96. The number of carbonyl (C=O) groups is 3. The summed E-state index contributed by atoms with van der Waals surface area (Å²) in [5, 5.41) is 14.8. The molecule has 0 fully saturated rings. The molecule has 2 rings (SSSR count). The molecule has 7 N–H and O–H groups in total. The number of aliphatic imine (C=N–C) groups is 1. The molecule has 0 aliphatic heterocycles. The van der Waals surface area contributed by atoms with E-state index in [2.05, 4.69) is 15.6 Å². The lowest BCUT2D eigenvalue weighted by atomic mass is 9.91. The number of guanidine groups is 1. The largest absolute Gasteiger partial charge is 0.480 e. The molecular weight excluding hydrogens is 410 g/mol. The Bertz CT molecular complexity index is 1010. The minimum Gasteiger partial charge on any atom is -0.480 e. The topological polar surface area (TPSA) is 160 Å². The Hall–Kier alpha value is -3.88. The SMILES string of the molecule is CC(C)(C)CC(=O)NC(Cc1ccc(NC(=O)c2cccc(N=C(N)N)c2)cc1)C(=O)O. The van der Waals surface area contributed by atoms with Gasteiger partial charge in [-0.1, -0.05) is 39.0 Å². The zero-order chi connectivity index (χ0) is 23.9. The lowest BCUT2D eigenvalue weighted by Crippen LogP contribution is -2.43. The molecule has 2 amide bonds. The van der Waals surface area contributed by atoms with E-state index in [0.29, 0.717) is 22.5 Å². The number of rotatable bonds is 8. The van der Waals surface area contributed by atoms with Crippen LogP contribution in [-0.4, -0.2) is 34.9 Å². The van der Waals surface area contributed by atoms with Crippen LogP contribution >= 0.6 is 0 Å². The minimum atomic E-state index is -1.11. The van der Waals surface area contributed by atoms with E-state index in [-0.39, 0.29) is 36.0 Å². The van der Waals surface area contributed by atoms with E-state index in [1.165, 1.54) is 0 Å².